The molecule has 0 aliphatic rings. The molecule has 0 aliphatic carbocycles. The zero-order chi connectivity index (χ0) is 22.0. The summed E-state index contributed by atoms with van der Waals surface area (Å²) in [6.07, 6.45) is 0.104. The Bertz CT molecular complexity index is 968. The lowest BCUT2D eigenvalue weighted by Gasteiger charge is -2.11. The van der Waals surface area contributed by atoms with Gasteiger partial charge in [0.25, 0.3) is 5.91 Å². The van der Waals surface area contributed by atoms with E-state index < -0.39 is 15.9 Å². The fourth-order valence-electron chi connectivity index (χ4n) is 2.48. The zero-order valence-corrected chi connectivity index (χ0v) is 18.9. The first-order valence-corrected chi connectivity index (χ1v) is 11.5. The molecule has 162 valence electrons. The van der Waals surface area contributed by atoms with Crippen LogP contribution in [0.25, 0.3) is 0 Å². The van der Waals surface area contributed by atoms with Gasteiger partial charge in [-0.25, -0.2) is 13.1 Å². The third-order valence-electron chi connectivity index (χ3n) is 4.06. The fourth-order valence-corrected chi connectivity index (χ4v) is 3.94. The van der Waals surface area contributed by atoms with Gasteiger partial charge in [0.2, 0.25) is 15.9 Å². The minimum absolute atomic E-state index is 0.0347. The van der Waals surface area contributed by atoms with Gasteiger partial charge in [0.1, 0.15) is 0 Å². The van der Waals surface area contributed by atoms with E-state index in [9.17, 15) is 18.0 Å². The number of sulfonamides is 1. The Morgan fingerprint density at radius 3 is 2.47 bits per heavy atom. The summed E-state index contributed by atoms with van der Waals surface area (Å²) in [6, 6.07) is 13.7. The van der Waals surface area contributed by atoms with Crippen molar-refractivity contribution in [1.29, 1.82) is 0 Å². The molecule has 2 rings (SSSR count). The normalized spacial score (nSPS) is 11.1. The second-order valence-electron chi connectivity index (χ2n) is 6.30. The second kappa shape index (κ2) is 11.8. The van der Waals surface area contributed by atoms with Crippen LogP contribution < -0.4 is 15.4 Å². The lowest BCUT2D eigenvalue weighted by molar-refractivity contribution is -0.121. The summed E-state index contributed by atoms with van der Waals surface area (Å²) in [5.74, 6) is -0.677. The van der Waals surface area contributed by atoms with E-state index in [1.165, 1.54) is 25.3 Å². The van der Waals surface area contributed by atoms with Gasteiger partial charge in [-0.05, 0) is 39.7 Å². The van der Waals surface area contributed by atoms with Gasteiger partial charge in [0, 0.05) is 37.6 Å². The first-order chi connectivity index (χ1) is 14.3. The van der Waals surface area contributed by atoms with Crippen LogP contribution in [0.15, 0.2) is 57.9 Å². The van der Waals surface area contributed by atoms with E-state index in [0.29, 0.717) is 11.0 Å². The van der Waals surface area contributed by atoms with Crippen LogP contribution in [0.4, 0.5) is 0 Å². The van der Waals surface area contributed by atoms with Crippen molar-refractivity contribution in [2.45, 2.75) is 17.9 Å². The quantitative estimate of drug-likeness (QED) is 0.409. The Balaban J connectivity index is 1.89. The molecule has 0 bridgehead atoms. The average molecular weight is 498 g/mol. The van der Waals surface area contributed by atoms with Crippen molar-refractivity contribution >= 4 is 37.8 Å². The maximum absolute atomic E-state index is 12.5. The van der Waals surface area contributed by atoms with Crippen LogP contribution in [-0.2, 0) is 26.1 Å². The first kappa shape index (κ1) is 24.0. The SMILES string of the molecule is COCCNS(=O)(=O)c1ccc(Br)c(C(=O)NCCC(=O)NCc2ccccc2)c1. The Labute approximate surface area is 184 Å². The Kier molecular flexibility index (Phi) is 9.44. The molecule has 0 heterocycles. The van der Waals surface area contributed by atoms with Crippen LogP contribution in [0.2, 0.25) is 0 Å². The van der Waals surface area contributed by atoms with E-state index in [4.69, 9.17) is 4.74 Å². The van der Waals surface area contributed by atoms with Crippen LogP contribution >= 0.6 is 15.9 Å². The predicted molar refractivity (Wildman–Crippen MR) is 116 cm³/mol. The predicted octanol–water partition coefficient (Wildman–Crippen LogP) is 1.81. The first-order valence-electron chi connectivity index (χ1n) is 9.20. The standard InChI is InChI=1S/C20H24BrN3O5S/c1-29-12-11-24-30(27,28)16-7-8-18(21)17(13-16)20(26)22-10-9-19(25)23-14-15-5-3-2-4-6-15/h2-8,13,24H,9-12,14H2,1H3,(H,22,26)(H,23,25). The molecule has 0 saturated carbocycles. The highest BCUT2D eigenvalue weighted by Gasteiger charge is 2.18. The molecule has 2 aromatic rings. The largest absolute Gasteiger partial charge is 0.383 e. The molecular weight excluding hydrogens is 474 g/mol. The van der Waals surface area contributed by atoms with Gasteiger partial charge in [-0.1, -0.05) is 30.3 Å². The van der Waals surface area contributed by atoms with Gasteiger partial charge in [-0.2, -0.15) is 0 Å². The van der Waals surface area contributed by atoms with Crippen molar-refractivity contribution < 1.29 is 22.7 Å². The number of nitrogens with one attached hydrogen (secondary N) is 3. The molecule has 8 nitrogen and oxygen atoms in total. The number of hydrogen-bond donors (Lipinski definition) is 3. The average Bonchev–Trinajstić information content (AvgIpc) is 2.73. The number of halogens is 1. The lowest BCUT2D eigenvalue weighted by Crippen LogP contribution is -2.31. The number of amides is 2. The molecule has 2 amide bonds. The molecule has 0 aliphatic heterocycles. The molecule has 2 aromatic carbocycles. The van der Waals surface area contributed by atoms with Gasteiger partial charge in [0.15, 0.2) is 0 Å². The molecule has 30 heavy (non-hydrogen) atoms. The number of rotatable bonds is 11. The van der Waals surface area contributed by atoms with Gasteiger partial charge < -0.3 is 15.4 Å². The minimum atomic E-state index is -3.77. The van der Waals surface area contributed by atoms with Crippen molar-refractivity contribution in [3.05, 3.63) is 64.1 Å². The van der Waals surface area contributed by atoms with Crippen molar-refractivity contribution in [3.8, 4) is 0 Å². The maximum Gasteiger partial charge on any atom is 0.252 e. The number of methoxy groups -OCH3 is 1. The molecule has 0 spiro atoms. The highest BCUT2D eigenvalue weighted by Crippen LogP contribution is 2.21. The molecule has 0 saturated heterocycles. The molecule has 0 atom stereocenters. The summed E-state index contributed by atoms with van der Waals surface area (Å²) in [5.41, 5.74) is 1.14. The number of carbonyl (C=O) groups excluding carboxylic acids is 2. The second-order valence-corrected chi connectivity index (χ2v) is 8.92. The molecule has 0 fully saturated rings. The van der Waals surface area contributed by atoms with Crippen molar-refractivity contribution in [2.24, 2.45) is 0 Å². The van der Waals surface area contributed by atoms with E-state index in [2.05, 4.69) is 31.3 Å². The number of ether oxygens (including phenoxy) is 1. The highest BCUT2D eigenvalue weighted by molar-refractivity contribution is 9.10. The highest BCUT2D eigenvalue weighted by atomic mass is 79.9. The Morgan fingerprint density at radius 1 is 1.03 bits per heavy atom. The summed E-state index contributed by atoms with van der Waals surface area (Å²) in [6.45, 7) is 0.883. The number of benzene rings is 2. The monoisotopic (exact) mass is 497 g/mol. The topological polar surface area (TPSA) is 114 Å². The van der Waals surface area contributed by atoms with Crippen LogP contribution in [0, 0.1) is 0 Å². The van der Waals surface area contributed by atoms with Crippen molar-refractivity contribution in [2.75, 3.05) is 26.8 Å². The summed E-state index contributed by atoms with van der Waals surface area (Å²) in [4.78, 5) is 24.4. The van der Waals surface area contributed by atoms with E-state index in [1.807, 2.05) is 30.3 Å². The molecule has 0 unspecified atom stereocenters. The summed E-state index contributed by atoms with van der Waals surface area (Å²) >= 11 is 3.26. The lowest BCUT2D eigenvalue weighted by atomic mass is 10.2. The third kappa shape index (κ3) is 7.52. The van der Waals surface area contributed by atoms with Crippen LogP contribution in [0.5, 0.6) is 0 Å². The number of hydrogen-bond acceptors (Lipinski definition) is 5. The maximum atomic E-state index is 12.5. The van der Waals surface area contributed by atoms with Crippen molar-refractivity contribution in [1.82, 2.24) is 15.4 Å². The molecule has 10 heteroatoms. The molecular formula is C20H24BrN3O5S. The van der Waals surface area contributed by atoms with Gasteiger partial charge in [-0.15, -0.1) is 0 Å². The van der Waals surface area contributed by atoms with Crippen molar-refractivity contribution in [3.63, 3.8) is 0 Å². The third-order valence-corrected chi connectivity index (χ3v) is 6.21. The van der Waals surface area contributed by atoms with E-state index in [0.717, 1.165) is 5.56 Å². The molecule has 0 radical (unpaired) electrons. The van der Waals surface area contributed by atoms with E-state index in [1.54, 1.807) is 0 Å². The van der Waals surface area contributed by atoms with Crippen LogP contribution in [0.3, 0.4) is 0 Å². The Hall–Kier alpha value is -2.27. The van der Waals surface area contributed by atoms with Gasteiger partial charge >= 0.3 is 0 Å². The van der Waals surface area contributed by atoms with E-state index in [-0.39, 0.29) is 42.5 Å². The summed E-state index contributed by atoms with van der Waals surface area (Å²) in [5, 5.41) is 5.41. The molecule has 0 aromatic heterocycles. The number of carbonyl (C=O) groups is 2. The van der Waals surface area contributed by atoms with Gasteiger partial charge in [0.05, 0.1) is 17.1 Å². The smallest absolute Gasteiger partial charge is 0.252 e. The fraction of sp³-hybridized carbons (Fsp3) is 0.300. The minimum Gasteiger partial charge on any atom is -0.383 e. The zero-order valence-electron chi connectivity index (χ0n) is 16.5. The summed E-state index contributed by atoms with van der Waals surface area (Å²) in [7, 11) is -2.30. The van der Waals surface area contributed by atoms with E-state index >= 15 is 0 Å². The summed E-state index contributed by atoms with van der Waals surface area (Å²) < 4.78 is 32.3. The Morgan fingerprint density at radius 2 is 1.77 bits per heavy atom. The van der Waals surface area contributed by atoms with Crippen LogP contribution in [-0.4, -0.2) is 47.0 Å². The van der Waals surface area contributed by atoms with Gasteiger partial charge in [-0.3, -0.25) is 9.59 Å². The van der Waals surface area contributed by atoms with Crippen LogP contribution in [0.1, 0.15) is 22.3 Å². The molecule has 3 N–H and O–H groups in total.